The van der Waals surface area contributed by atoms with Crippen molar-refractivity contribution in [2.24, 2.45) is 0 Å². The number of para-hydroxylation sites is 1. The second-order valence-corrected chi connectivity index (χ2v) is 7.94. The van der Waals surface area contributed by atoms with E-state index in [4.69, 9.17) is 9.15 Å². The monoisotopic (exact) mass is 464 g/mol. The van der Waals surface area contributed by atoms with Gasteiger partial charge in [-0.3, -0.25) is 10.1 Å². The first kappa shape index (κ1) is 20.5. The highest BCUT2D eigenvalue weighted by molar-refractivity contribution is 5.86. The van der Waals surface area contributed by atoms with Gasteiger partial charge in [0.15, 0.2) is 5.75 Å². The number of nitro groups is 1. The summed E-state index contributed by atoms with van der Waals surface area (Å²) in [6.07, 6.45) is 1.37. The van der Waals surface area contributed by atoms with Crippen LogP contribution in [0.5, 0.6) is 11.6 Å². The molecular weight excluding hydrogens is 448 g/mol. The molecule has 9 nitrogen and oxygen atoms in total. The minimum atomic E-state index is -0.572. The molecule has 9 heteroatoms. The van der Waals surface area contributed by atoms with Crippen LogP contribution in [-0.2, 0) is 0 Å². The minimum absolute atomic E-state index is 0.0239. The summed E-state index contributed by atoms with van der Waals surface area (Å²) in [6, 6.07) is 22.7. The van der Waals surface area contributed by atoms with E-state index in [1.54, 1.807) is 24.3 Å². The van der Waals surface area contributed by atoms with E-state index in [0.717, 1.165) is 5.56 Å². The maximum absolute atomic E-state index is 13.3. The topological polar surface area (TPSA) is 120 Å². The Kier molecular flexibility index (Phi) is 4.74. The molecule has 3 heterocycles. The number of hydrogen-bond acceptors (Lipinski definition) is 8. The van der Waals surface area contributed by atoms with E-state index >= 15 is 0 Å². The maximum Gasteiger partial charge on any atom is 0.344 e. The molecule has 35 heavy (non-hydrogen) atoms. The number of benzene rings is 3. The number of rotatable bonds is 4. The van der Waals surface area contributed by atoms with Gasteiger partial charge in [-0.2, -0.15) is 0 Å². The summed E-state index contributed by atoms with van der Waals surface area (Å²) in [5.41, 5.74) is 2.22. The zero-order chi connectivity index (χ0) is 23.9. The fourth-order valence-electron chi connectivity index (χ4n) is 4.34. The number of aromatic nitrogens is 2. The third-order valence-electron chi connectivity index (χ3n) is 5.90. The van der Waals surface area contributed by atoms with Gasteiger partial charge in [-0.1, -0.05) is 42.5 Å². The van der Waals surface area contributed by atoms with Crippen LogP contribution < -0.4 is 15.7 Å². The molecule has 0 aliphatic carbocycles. The van der Waals surface area contributed by atoms with E-state index in [1.807, 2.05) is 42.5 Å². The number of ether oxygens (including phenoxy) is 1. The lowest BCUT2D eigenvalue weighted by Gasteiger charge is -2.28. The Morgan fingerprint density at radius 1 is 0.886 bits per heavy atom. The van der Waals surface area contributed by atoms with Gasteiger partial charge >= 0.3 is 5.63 Å². The molecule has 0 saturated heterocycles. The third-order valence-corrected chi connectivity index (χ3v) is 5.90. The van der Waals surface area contributed by atoms with Gasteiger partial charge in [-0.25, -0.2) is 14.8 Å². The van der Waals surface area contributed by atoms with Crippen LogP contribution in [0.4, 0.5) is 17.2 Å². The zero-order valence-electron chi connectivity index (χ0n) is 18.0. The highest BCUT2D eigenvalue weighted by Gasteiger charge is 2.37. The predicted octanol–water partition coefficient (Wildman–Crippen LogP) is 5.52. The van der Waals surface area contributed by atoms with Gasteiger partial charge in [0.05, 0.1) is 27.4 Å². The quantitative estimate of drug-likeness (QED) is 0.206. The van der Waals surface area contributed by atoms with E-state index in [0.29, 0.717) is 45.2 Å². The van der Waals surface area contributed by atoms with Crippen molar-refractivity contribution >= 4 is 28.2 Å². The second-order valence-electron chi connectivity index (χ2n) is 7.94. The molecule has 1 aliphatic heterocycles. The fraction of sp³-hybridized carbons (Fsp3) is 0.0385. The van der Waals surface area contributed by atoms with Crippen LogP contribution in [0.2, 0.25) is 0 Å². The molecular formula is C26H16N4O5. The van der Waals surface area contributed by atoms with Crippen LogP contribution in [-0.4, -0.2) is 14.9 Å². The molecule has 0 bridgehead atoms. The molecule has 1 N–H and O–H groups in total. The first-order chi connectivity index (χ1) is 17.1. The summed E-state index contributed by atoms with van der Waals surface area (Å²) in [5.74, 6) is 0.549. The Labute approximate surface area is 197 Å². The third kappa shape index (κ3) is 3.46. The van der Waals surface area contributed by atoms with Crippen molar-refractivity contribution in [3.63, 3.8) is 0 Å². The summed E-state index contributed by atoms with van der Waals surface area (Å²) >= 11 is 0. The molecule has 1 aliphatic rings. The number of nitrogens with zero attached hydrogens (tertiary/aromatic N) is 3. The maximum atomic E-state index is 13.3. The molecule has 0 fully saturated rings. The number of hydrogen-bond donors (Lipinski definition) is 1. The van der Waals surface area contributed by atoms with E-state index < -0.39 is 16.5 Å². The van der Waals surface area contributed by atoms with Crippen molar-refractivity contribution in [2.45, 2.75) is 5.92 Å². The molecule has 0 amide bonds. The zero-order valence-corrected chi connectivity index (χ0v) is 18.0. The number of non-ortho nitro benzene ring substituents is 1. The summed E-state index contributed by atoms with van der Waals surface area (Å²) in [6.45, 7) is 0. The van der Waals surface area contributed by atoms with E-state index in [2.05, 4.69) is 15.3 Å². The van der Waals surface area contributed by atoms with Crippen LogP contribution in [0, 0.1) is 10.1 Å². The lowest BCUT2D eigenvalue weighted by atomic mass is 9.84. The summed E-state index contributed by atoms with van der Waals surface area (Å²) in [5, 5.41) is 14.9. The molecule has 0 radical (unpaired) electrons. The fourth-order valence-corrected chi connectivity index (χ4v) is 4.34. The van der Waals surface area contributed by atoms with Crippen molar-refractivity contribution in [1.82, 2.24) is 9.97 Å². The molecule has 170 valence electrons. The minimum Gasteiger partial charge on any atom is -0.437 e. The Hall–Kier alpha value is -5.05. The Balaban J connectivity index is 1.56. The van der Waals surface area contributed by atoms with Crippen LogP contribution in [0.1, 0.15) is 22.6 Å². The highest BCUT2D eigenvalue weighted by Crippen LogP contribution is 2.49. The highest BCUT2D eigenvalue weighted by atomic mass is 16.6. The normalized spacial score (nSPS) is 14.0. The molecule has 1 unspecified atom stereocenters. The largest absolute Gasteiger partial charge is 0.437 e. The SMILES string of the molecule is O=c1oc2ccccc2c2c1C(c1ccccc1)c1c(Nc3ccc([N+](=O)[O-])cc3)ncnc1O2. The number of fused-ring (bicyclic) bond motifs is 4. The first-order valence-corrected chi connectivity index (χ1v) is 10.7. The van der Waals surface area contributed by atoms with Crippen molar-refractivity contribution in [2.75, 3.05) is 5.32 Å². The summed E-state index contributed by atoms with van der Waals surface area (Å²) in [4.78, 5) is 32.6. The van der Waals surface area contributed by atoms with Crippen LogP contribution in [0.15, 0.2) is 94.4 Å². The summed E-state index contributed by atoms with van der Waals surface area (Å²) in [7, 11) is 0. The lowest BCUT2D eigenvalue weighted by molar-refractivity contribution is -0.384. The standard InChI is InChI=1S/C26H16N4O5/c31-26-21-20(15-6-2-1-3-7-15)22-24(29-16-10-12-17(13-11-16)30(32)33)27-14-28-25(22)35-23(21)18-8-4-5-9-19(18)34-26/h1-14,20H,(H,27,28,29). The van der Waals surface area contributed by atoms with Crippen molar-refractivity contribution in [3.05, 3.63) is 122 Å². The number of nitro benzene ring substituents is 1. The average molecular weight is 464 g/mol. The van der Waals surface area contributed by atoms with Crippen molar-refractivity contribution in [3.8, 4) is 11.6 Å². The van der Waals surface area contributed by atoms with Gasteiger partial charge in [-0.15, -0.1) is 0 Å². The van der Waals surface area contributed by atoms with Crippen LogP contribution in [0.3, 0.4) is 0 Å². The van der Waals surface area contributed by atoms with Gasteiger partial charge in [0.2, 0.25) is 5.88 Å². The van der Waals surface area contributed by atoms with Crippen LogP contribution >= 0.6 is 0 Å². The van der Waals surface area contributed by atoms with Gasteiger partial charge in [0, 0.05) is 17.8 Å². The number of anilines is 2. The molecule has 1 atom stereocenters. The van der Waals surface area contributed by atoms with Crippen molar-refractivity contribution in [1.29, 1.82) is 0 Å². The molecule has 5 aromatic rings. The Morgan fingerprint density at radius 2 is 1.63 bits per heavy atom. The van der Waals surface area contributed by atoms with Gasteiger partial charge < -0.3 is 14.5 Å². The predicted molar refractivity (Wildman–Crippen MR) is 128 cm³/mol. The second kappa shape index (κ2) is 8.07. The van der Waals surface area contributed by atoms with Crippen molar-refractivity contribution < 1.29 is 14.1 Å². The van der Waals surface area contributed by atoms with E-state index in [9.17, 15) is 14.9 Å². The number of nitrogens with one attached hydrogen (secondary N) is 1. The Bertz CT molecular complexity index is 1650. The molecule has 3 aromatic carbocycles. The smallest absolute Gasteiger partial charge is 0.344 e. The van der Waals surface area contributed by atoms with E-state index in [1.165, 1.54) is 18.5 Å². The van der Waals surface area contributed by atoms with Gasteiger partial charge in [-0.05, 0) is 29.8 Å². The molecule has 0 spiro atoms. The van der Waals surface area contributed by atoms with E-state index in [-0.39, 0.29) is 5.69 Å². The van der Waals surface area contributed by atoms with Gasteiger partial charge in [0.25, 0.3) is 5.69 Å². The summed E-state index contributed by atoms with van der Waals surface area (Å²) < 4.78 is 11.9. The lowest BCUT2D eigenvalue weighted by Crippen LogP contribution is -2.22. The van der Waals surface area contributed by atoms with Crippen LogP contribution in [0.25, 0.3) is 11.0 Å². The molecule has 6 rings (SSSR count). The first-order valence-electron chi connectivity index (χ1n) is 10.7. The van der Waals surface area contributed by atoms with Gasteiger partial charge in [0.1, 0.15) is 17.7 Å². The molecule has 0 saturated carbocycles. The molecule has 2 aromatic heterocycles. The average Bonchev–Trinajstić information content (AvgIpc) is 2.88. The Morgan fingerprint density at radius 3 is 2.40 bits per heavy atom.